The molecule has 2 atom stereocenters. The van der Waals surface area contributed by atoms with E-state index in [1.165, 1.54) is 22.7 Å². The summed E-state index contributed by atoms with van der Waals surface area (Å²) in [4.78, 5) is 5.77. The Balaban J connectivity index is 1.79. The number of rotatable bonds is 7. The predicted molar refractivity (Wildman–Crippen MR) is 74.8 cm³/mol. The fourth-order valence-corrected chi connectivity index (χ4v) is 3.44. The molecule has 1 aromatic heterocycles. The Bertz CT molecular complexity index is 348. The van der Waals surface area contributed by atoms with Crippen LogP contribution in [0.1, 0.15) is 35.6 Å². The SMILES string of the molecule is CSC(CO)C(C)NCc1cnc(C2CC2)s1. The molecular weight excluding hydrogens is 252 g/mol. The highest BCUT2D eigenvalue weighted by Gasteiger charge is 2.26. The molecule has 0 aromatic carbocycles. The number of nitrogens with one attached hydrogen (secondary N) is 1. The maximum atomic E-state index is 9.21. The predicted octanol–water partition coefficient (Wildman–Crippen LogP) is 2.22. The lowest BCUT2D eigenvalue weighted by atomic mass is 10.2. The molecule has 2 N–H and O–H groups in total. The summed E-state index contributed by atoms with van der Waals surface area (Å²) < 4.78 is 0. The summed E-state index contributed by atoms with van der Waals surface area (Å²) in [6.07, 6.45) is 6.66. The van der Waals surface area contributed by atoms with E-state index in [1.54, 1.807) is 11.8 Å². The molecule has 96 valence electrons. The summed E-state index contributed by atoms with van der Waals surface area (Å²) in [5, 5.41) is 14.2. The average Bonchev–Trinajstić information content (AvgIpc) is 3.08. The fraction of sp³-hybridized carbons (Fsp3) is 0.750. The van der Waals surface area contributed by atoms with Crippen LogP contribution in [0, 0.1) is 0 Å². The van der Waals surface area contributed by atoms with Crippen LogP contribution in [-0.2, 0) is 6.54 Å². The van der Waals surface area contributed by atoms with Crippen LogP contribution in [0.25, 0.3) is 0 Å². The van der Waals surface area contributed by atoms with Gasteiger partial charge in [0, 0.05) is 34.8 Å². The van der Waals surface area contributed by atoms with Crippen molar-refractivity contribution >= 4 is 23.1 Å². The van der Waals surface area contributed by atoms with Crippen molar-refractivity contribution < 1.29 is 5.11 Å². The van der Waals surface area contributed by atoms with Gasteiger partial charge in [-0.3, -0.25) is 0 Å². The van der Waals surface area contributed by atoms with Crippen molar-refractivity contribution in [2.45, 2.75) is 43.5 Å². The Kier molecular flexibility index (Phi) is 4.85. The second-order valence-electron chi connectivity index (χ2n) is 4.57. The summed E-state index contributed by atoms with van der Waals surface area (Å²) in [6, 6.07) is 0.321. The minimum atomic E-state index is 0.228. The first-order valence-electron chi connectivity index (χ1n) is 6.06. The molecule has 17 heavy (non-hydrogen) atoms. The van der Waals surface area contributed by atoms with Crippen LogP contribution >= 0.6 is 23.1 Å². The van der Waals surface area contributed by atoms with Crippen molar-refractivity contribution in [1.82, 2.24) is 10.3 Å². The van der Waals surface area contributed by atoms with E-state index in [9.17, 15) is 5.11 Å². The van der Waals surface area contributed by atoms with Crippen molar-refractivity contribution in [2.24, 2.45) is 0 Å². The smallest absolute Gasteiger partial charge is 0.0959 e. The van der Waals surface area contributed by atoms with Crippen LogP contribution in [0.3, 0.4) is 0 Å². The van der Waals surface area contributed by atoms with Gasteiger partial charge in [-0.1, -0.05) is 0 Å². The van der Waals surface area contributed by atoms with Crippen LogP contribution in [0.5, 0.6) is 0 Å². The molecule has 1 aliphatic carbocycles. The lowest BCUT2D eigenvalue weighted by Gasteiger charge is -2.20. The second-order valence-corrected chi connectivity index (χ2v) is 6.79. The van der Waals surface area contributed by atoms with E-state index in [-0.39, 0.29) is 11.9 Å². The van der Waals surface area contributed by atoms with E-state index in [0.717, 1.165) is 12.5 Å². The molecule has 5 heteroatoms. The van der Waals surface area contributed by atoms with E-state index in [4.69, 9.17) is 0 Å². The summed E-state index contributed by atoms with van der Waals surface area (Å²) in [5.74, 6) is 0.752. The van der Waals surface area contributed by atoms with E-state index in [0.29, 0.717) is 6.04 Å². The molecule has 0 spiro atoms. The summed E-state index contributed by atoms with van der Waals surface area (Å²) in [7, 11) is 0. The van der Waals surface area contributed by atoms with Crippen LogP contribution in [0.4, 0.5) is 0 Å². The van der Waals surface area contributed by atoms with Crippen molar-refractivity contribution in [3.05, 3.63) is 16.1 Å². The van der Waals surface area contributed by atoms with Gasteiger partial charge in [0.2, 0.25) is 0 Å². The van der Waals surface area contributed by atoms with E-state index in [2.05, 4.69) is 17.2 Å². The van der Waals surface area contributed by atoms with Gasteiger partial charge in [0.1, 0.15) is 0 Å². The van der Waals surface area contributed by atoms with Gasteiger partial charge in [-0.25, -0.2) is 4.98 Å². The molecule has 1 fully saturated rings. The first-order chi connectivity index (χ1) is 8.24. The van der Waals surface area contributed by atoms with E-state index >= 15 is 0 Å². The average molecular weight is 272 g/mol. The topological polar surface area (TPSA) is 45.1 Å². The zero-order valence-electron chi connectivity index (χ0n) is 10.3. The highest BCUT2D eigenvalue weighted by molar-refractivity contribution is 7.99. The Morgan fingerprint density at radius 2 is 2.41 bits per heavy atom. The largest absolute Gasteiger partial charge is 0.395 e. The number of thioether (sulfide) groups is 1. The molecule has 3 nitrogen and oxygen atoms in total. The maximum absolute atomic E-state index is 9.21. The number of aliphatic hydroxyl groups is 1. The van der Waals surface area contributed by atoms with Gasteiger partial charge in [-0.15, -0.1) is 11.3 Å². The highest BCUT2D eigenvalue weighted by atomic mass is 32.2. The molecule has 1 aromatic rings. The molecule has 0 bridgehead atoms. The molecule has 2 rings (SSSR count). The zero-order chi connectivity index (χ0) is 12.3. The summed E-state index contributed by atoms with van der Waals surface area (Å²) in [6.45, 7) is 3.22. The molecule has 1 saturated carbocycles. The van der Waals surface area contributed by atoms with Gasteiger partial charge in [-0.2, -0.15) is 11.8 Å². The number of thiazole rings is 1. The minimum Gasteiger partial charge on any atom is -0.395 e. The molecule has 0 radical (unpaired) electrons. The van der Waals surface area contributed by atoms with E-state index < -0.39 is 0 Å². The third-order valence-corrected chi connectivity index (χ3v) is 5.46. The highest BCUT2D eigenvalue weighted by Crippen LogP contribution is 2.41. The molecule has 1 heterocycles. The normalized spacial score (nSPS) is 19.2. The summed E-state index contributed by atoms with van der Waals surface area (Å²) >= 11 is 3.54. The van der Waals surface area contributed by atoms with Crippen LogP contribution in [0.2, 0.25) is 0 Å². The minimum absolute atomic E-state index is 0.228. The molecule has 2 unspecified atom stereocenters. The Hall–Kier alpha value is -0.100. The first-order valence-corrected chi connectivity index (χ1v) is 8.16. The second kappa shape index (κ2) is 6.18. The van der Waals surface area contributed by atoms with Gasteiger partial charge >= 0.3 is 0 Å². The lowest BCUT2D eigenvalue weighted by molar-refractivity contribution is 0.276. The van der Waals surface area contributed by atoms with Crippen molar-refractivity contribution in [3.63, 3.8) is 0 Å². The maximum Gasteiger partial charge on any atom is 0.0959 e. The summed E-state index contributed by atoms with van der Waals surface area (Å²) in [5.41, 5.74) is 0. The van der Waals surface area contributed by atoms with Gasteiger partial charge in [-0.05, 0) is 26.0 Å². The number of nitrogens with zero attached hydrogens (tertiary/aromatic N) is 1. The van der Waals surface area contributed by atoms with Gasteiger partial charge in [0.05, 0.1) is 11.6 Å². The molecule has 0 amide bonds. The third-order valence-electron chi connectivity index (χ3n) is 3.14. The quantitative estimate of drug-likeness (QED) is 0.799. The molecule has 1 aliphatic rings. The molecule has 0 aliphatic heterocycles. The van der Waals surface area contributed by atoms with Gasteiger partial charge in [0.15, 0.2) is 0 Å². The fourth-order valence-electron chi connectivity index (χ4n) is 1.75. The van der Waals surface area contributed by atoms with E-state index in [1.807, 2.05) is 23.8 Å². The third kappa shape index (κ3) is 3.68. The Morgan fingerprint density at radius 3 is 3.00 bits per heavy atom. The monoisotopic (exact) mass is 272 g/mol. The first kappa shape index (κ1) is 13.3. The van der Waals surface area contributed by atoms with Gasteiger partial charge < -0.3 is 10.4 Å². The number of hydrogen-bond donors (Lipinski definition) is 2. The van der Waals surface area contributed by atoms with Crippen molar-refractivity contribution in [2.75, 3.05) is 12.9 Å². The molecule has 0 saturated heterocycles. The van der Waals surface area contributed by atoms with Crippen LogP contribution in [-0.4, -0.2) is 34.2 Å². The number of hydrogen-bond acceptors (Lipinski definition) is 5. The standard InChI is InChI=1S/C12H20N2OS2/c1-8(11(7-15)16-2)13-5-10-6-14-12(17-10)9-3-4-9/h6,8-9,11,13,15H,3-5,7H2,1-2H3. The van der Waals surface area contributed by atoms with Crippen molar-refractivity contribution in [3.8, 4) is 0 Å². The lowest BCUT2D eigenvalue weighted by Crippen LogP contribution is -2.36. The Morgan fingerprint density at radius 1 is 1.65 bits per heavy atom. The zero-order valence-corrected chi connectivity index (χ0v) is 12.0. The number of aromatic nitrogens is 1. The molecular formula is C12H20N2OS2. The van der Waals surface area contributed by atoms with Gasteiger partial charge in [0.25, 0.3) is 0 Å². The van der Waals surface area contributed by atoms with Crippen LogP contribution in [0.15, 0.2) is 6.20 Å². The Labute approximate surface area is 111 Å². The van der Waals surface area contributed by atoms with Crippen molar-refractivity contribution in [1.29, 1.82) is 0 Å². The number of aliphatic hydroxyl groups excluding tert-OH is 1. The van der Waals surface area contributed by atoms with Crippen LogP contribution < -0.4 is 5.32 Å².